The molecule has 0 fully saturated rings. The maximum atomic E-state index is 5.54. The number of fused-ring (bicyclic) bond motifs is 1. The number of aromatic nitrogens is 2. The van der Waals surface area contributed by atoms with Crippen molar-refractivity contribution in [1.29, 1.82) is 0 Å². The van der Waals surface area contributed by atoms with Gasteiger partial charge in [0.15, 0.2) is 0 Å². The van der Waals surface area contributed by atoms with E-state index in [9.17, 15) is 0 Å². The van der Waals surface area contributed by atoms with E-state index in [0.29, 0.717) is 11.6 Å². The molecule has 0 aliphatic carbocycles. The van der Waals surface area contributed by atoms with Crippen LogP contribution in [-0.4, -0.2) is 9.61 Å². The van der Waals surface area contributed by atoms with E-state index < -0.39 is 0 Å². The van der Waals surface area contributed by atoms with E-state index in [0.717, 1.165) is 4.83 Å². The first kappa shape index (κ1) is 5.55. The molecule has 0 amide bonds. The van der Waals surface area contributed by atoms with E-state index in [1.54, 1.807) is 10.6 Å². The van der Waals surface area contributed by atoms with Gasteiger partial charge in [-0.05, 0) is 0 Å². The van der Waals surface area contributed by atoms with Gasteiger partial charge < -0.3 is 11.5 Å². The van der Waals surface area contributed by atoms with Crippen LogP contribution in [0.25, 0.3) is 4.83 Å². The topological polar surface area (TPSA) is 69.3 Å². The second-order valence-corrected chi connectivity index (χ2v) is 2.87. The minimum absolute atomic E-state index is 0.513. The van der Waals surface area contributed by atoms with Crippen LogP contribution in [0.2, 0.25) is 0 Å². The lowest BCUT2D eigenvalue weighted by Crippen LogP contribution is -1.93. The number of hydrogen-bond acceptors (Lipinski definition) is 4. The predicted octanol–water partition coefficient (Wildman–Crippen LogP) is 0.560. The van der Waals surface area contributed by atoms with Crippen molar-refractivity contribution < 1.29 is 0 Å². The fourth-order valence-corrected chi connectivity index (χ4v) is 1.60. The van der Waals surface area contributed by atoms with E-state index >= 15 is 0 Å². The first-order valence-corrected chi connectivity index (χ1v) is 3.63. The summed E-state index contributed by atoms with van der Waals surface area (Å²) in [5, 5.41) is 5.79. The highest BCUT2D eigenvalue weighted by atomic mass is 32.1. The Kier molecular flexibility index (Phi) is 0.906. The van der Waals surface area contributed by atoms with E-state index in [1.807, 2.05) is 5.38 Å². The van der Waals surface area contributed by atoms with E-state index in [1.165, 1.54) is 11.3 Å². The SMILES string of the molecule is Nc1cc2scc(N)n2n1. The van der Waals surface area contributed by atoms with Crippen molar-refractivity contribution >= 4 is 27.8 Å². The molecule has 0 saturated heterocycles. The van der Waals surface area contributed by atoms with Gasteiger partial charge in [-0.1, -0.05) is 0 Å². The van der Waals surface area contributed by atoms with Crippen LogP contribution in [-0.2, 0) is 0 Å². The standard InChI is InChI=1S/C5H6N4S/c6-3-1-5-9(8-3)4(7)2-10-5/h1-2H,7H2,(H2,6,8). The molecule has 2 rings (SSSR count). The summed E-state index contributed by atoms with van der Waals surface area (Å²) in [4.78, 5) is 0.981. The molecular weight excluding hydrogens is 148 g/mol. The van der Waals surface area contributed by atoms with Crippen molar-refractivity contribution in [1.82, 2.24) is 9.61 Å². The van der Waals surface area contributed by atoms with Gasteiger partial charge in [0.25, 0.3) is 0 Å². The molecule has 0 aliphatic rings. The normalized spacial score (nSPS) is 10.8. The highest BCUT2D eigenvalue weighted by molar-refractivity contribution is 7.16. The molecule has 0 aliphatic heterocycles. The second-order valence-electron chi connectivity index (χ2n) is 1.98. The van der Waals surface area contributed by atoms with Gasteiger partial charge >= 0.3 is 0 Å². The molecule has 0 saturated carbocycles. The third-order valence-corrected chi connectivity index (χ3v) is 2.13. The highest BCUT2D eigenvalue weighted by Gasteiger charge is 2.01. The molecular formula is C5H6N4S. The number of thiazole rings is 1. The Morgan fingerprint density at radius 1 is 1.50 bits per heavy atom. The smallest absolute Gasteiger partial charge is 0.147 e. The van der Waals surface area contributed by atoms with Crippen LogP contribution in [0.1, 0.15) is 0 Å². The van der Waals surface area contributed by atoms with Crippen LogP contribution >= 0.6 is 11.3 Å². The average Bonchev–Trinajstić information content (AvgIpc) is 2.35. The third-order valence-electron chi connectivity index (χ3n) is 1.24. The molecule has 2 heterocycles. The van der Waals surface area contributed by atoms with Gasteiger partial charge in [-0.2, -0.15) is 0 Å². The minimum Gasteiger partial charge on any atom is -0.383 e. The lowest BCUT2D eigenvalue weighted by Gasteiger charge is -1.83. The molecule has 4 nitrogen and oxygen atoms in total. The van der Waals surface area contributed by atoms with Crippen molar-refractivity contribution in [2.75, 3.05) is 11.5 Å². The molecule has 0 unspecified atom stereocenters. The zero-order valence-corrected chi connectivity index (χ0v) is 5.93. The summed E-state index contributed by atoms with van der Waals surface area (Å²) in [5.74, 6) is 1.15. The van der Waals surface area contributed by atoms with E-state index in [-0.39, 0.29) is 0 Å². The van der Waals surface area contributed by atoms with Crippen LogP contribution < -0.4 is 11.5 Å². The number of nitrogens with zero attached hydrogens (tertiary/aromatic N) is 2. The summed E-state index contributed by atoms with van der Waals surface area (Å²) in [6.07, 6.45) is 0. The molecule has 0 bridgehead atoms. The Balaban J connectivity index is 2.90. The number of rotatable bonds is 0. The van der Waals surface area contributed by atoms with Crippen molar-refractivity contribution in [3.63, 3.8) is 0 Å². The summed E-state index contributed by atoms with van der Waals surface area (Å²) in [6.45, 7) is 0. The van der Waals surface area contributed by atoms with Crippen molar-refractivity contribution in [3.05, 3.63) is 11.4 Å². The molecule has 0 radical (unpaired) electrons. The van der Waals surface area contributed by atoms with Gasteiger partial charge in [-0.3, -0.25) is 0 Å². The van der Waals surface area contributed by atoms with E-state index in [4.69, 9.17) is 11.5 Å². The maximum absolute atomic E-state index is 5.54. The Hall–Kier alpha value is -1.23. The first-order valence-electron chi connectivity index (χ1n) is 2.75. The monoisotopic (exact) mass is 154 g/mol. The predicted molar refractivity (Wildman–Crippen MR) is 41.9 cm³/mol. The van der Waals surface area contributed by atoms with Gasteiger partial charge in [-0.15, -0.1) is 16.4 Å². The summed E-state index contributed by atoms with van der Waals surface area (Å²) in [5.41, 5.74) is 11.0. The molecule has 5 heteroatoms. The van der Waals surface area contributed by atoms with Crippen LogP contribution in [0.5, 0.6) is 0 Å². The molecule has 0 atom stereocenters. The molecule has 0 spiro atoms. The summed E-state index contributed by atoms with van der Waals surface area (Å²) >= 11 is 1.53. The third kappa shape index (κ3) is 0.577. The lowest BCUT2D eigenvalue weighted by molar-refractivity contribution is 0.997. The molecule has 0 aromatic carbocycles. The zero-order valence-electron chi connectivity index (χ0n) is 5.11. The van der Waals surface area contributed by atoms with Crippen LogP contribution in [0.3, 0.4) is 0 Å². The van der Waals surface area contributed by atoms with Crippen molar-refractivity contribution in [3.8, 4) is 0 Å². The van der Waals surface area contributed by atoms with Crippen LogP contribution in [0, 0.1) is 0 Å². The summed E-state index contributed by atoms with van der Waals surface area (Å²) in [7, 11) is 0. The quantitative estimate of drug-likeness (QED) is 0.582. The Bertz CT molecular complexity index is 360. The van der Waals surface area contributed by atoms with Gasteiger partial charge in [-0.25, -0.2) is 4.52 Å². The molecule has 10 heavy (non-hydrogen) atoms. The Morgan fingerprint density at radius 2 is 2.30 bits per heavy atom. The Labute approximate surface area is 61.1 Å². The summed E-state index contributed by atoms with van der Waals surface area (Å²) in [6, 6.07) is 1.79. The minimum atomic E-state index is 0.513. The van der Waals surface area contributed by atoms with Gasteiger partial charge in [0.1, 0.15) is 16.5 Å². The fraction of sp³-hybridized carbons (Fsp3) is 0. The van der Waals surface area contributed by atoms with Crippen LogP contribution in [0.4, 0.5) is 11.6 Å². The fourth-order valence-electron chi connectivity index (χ4n) is 0.821. The number of nitrogen functional groups attached to an aromatic ring is 2. The molecule has 2 aromatic rings. The van der Waals surface area contributed by atoms with Gasteiger partial charge in [0.2, 0.25) is 0 Å². The second kappa shape index (κ2) is 1.63. The first-order chi connectivity index (χ1) is 4.77. The van der Waals surface area contributed by atoms with Crippen LogP contribution in [0.15, 0.2) is 11.4 Å². The number of anilines is 2. The lowest BCUT2D eigenvalue weighted by atomic mass is 10.7. The number of hydrogen-bond donors (Lipinski definition) is 2. The van der Waals surface area contributed by atoms with E-state index in [2.05, 4.69) is 5.10 Å². The zero-order chi connectivity index (χ0) is 7.14. The highest BCUT2D eigenvalue weighted by Crippen LogP contribution is 2.19. The van der Waals surface area contributed by atoms with Gasteiger partial charge in [0, 0.05) is 11.4 Å². The largest absolute Gasteiger partial charge is 0.383 e. The van der Waals surface area contributed by atoms with Crippen molar-refractivity contribution in [2.45, 2.75) is 0 Å². The average molecular weight is 154 g/mol. The molecule has 52 valence electrons. The molecule has 4 N–H and O–H groups in total. The Morgan fingerprint density at radius 3 is 3.00 bits per heavy atom. The van der Waals surface area contributed by atoms with Crippen molar-refractivity contribution in [2.24, 2.45) is 0 Å². The molecule has 2 aromatic heterocycles. The summed E-state index contributed by atoms with van der Waals surface area (Å²) < 4.78 is 1.62. The maximum Gasteiger partial charge on any atom is 0.147 e. The number of nitrogens with two attached hydrogens (primary N) is 2. The van der Waals surface area contributed by atoms with Gasteiger partial charge in [0.05, 0.1) is 0 Å².